The van der Waals surface area contributed by atoms with Gasteiger partial charge < -0.3 is 15.7 Å². The highest BCUT2D eigenvalue weighted by Crippen LogP contribution is 2.19. The molecule has 6 nitrogen and oxygen atoms in total. The highest BCUT2D eigenvalue weighted by molar-refractivity contribution is 5.99. The molecule has 2 aromatic carbocycles. The number of aliphatic carboxylic acids is 1. The third kappa shape index (κ3) is 6.26. The van der Waals surface area contributed by atoms with Crippen LogP contribution in [0.3, 0.4) is 0 Å². The molecule has 142 valence electrons. The van der Waals surface area contributed by atoms with Crippen molar-refractivity contribution in [1.29, 1.82) is 0 Å². The van der Waals surface area contributed by atoms with Crippen LogP contribution in [0.2, 0.25) is 0 Å². The van der Waals surface area contributed by atoms with E-state index in [-0.39, 0.29) is 24.3 Å². The lowest BCUT2D eigenvalue weighted by molar-refractivity contribution is -0.137. The summed E-state index contributed by atoms with van der Waals surface area (Å²) in [6.45, 7) is 3.18. The zero-order chi connectivity index (χ0) is 19.8. The molecule has 0 bridgehead atoms. The lowest BCUT2D eigenvalue weighted by Crippen LogP contribution is -2.37. The second-order valence-corrected chi connectivity index (χ2v) is 6.45. The van der Waals surface area contributed by atoms with Crippen LogP contribution in [-0.4, -0.2) is 28.9 Å². The first kappa shape index (κ1) is 20.2. The third-order valence-corrected chi connectivity index (χ3v) is 4.26. The molecule has 1 unspecified atom stereocenters. The van der Waals surface area contributed by atoms with E-state index in [1.54, 1.807) is 25.1 Å². The number of benzene rings is 2. The first-order chi connectivity index (χ1) is 12.9. The van der Waals surface area contributed by atoms with Crippen LogP contribution in [-0.2, 0) is 16.0 Å². The van der Waals surface area contributed by atoms with Gasteiger partial charge in [0.05, 0.1) is 0 Å². The number of carboxylic acids is 1. The number of carboxylic acid groups (broad SMARTS) is 1. The predicted octanol–water partition coefficient (Wildman–Crippen LogP) is 3.16. The molecule has 0 aliphatic carbocycles. The molecule has 2 amide bonds. The van der Waals surface area contributed by atoms with Crippen molar-refractivity contribution in [3.63, 3.8) is 0 Å². The summed E-state index contributed by atoms with van der Waals surface area (Å²) in [7, 11) is 0. The van der Waals surface area contributed by atoms with E-state index in [0.717, 1.165) is 5.56 Å². The molecule has 2 rings (SSSR count). The minimum atomic E-state index is -0.897. The smallest absolute Gasteiger partial charge is 0.303 e. The fourth-order valence-electron chi connectivity index (χ4n) is 2.89. The predicted molar refractivity (Wildman–Crippen MR) is 104 cm³/mol. The molecule has 1 atom stereocenters. The second-order valence-electron chi connectivity index (χ2n) is 6.45. The summed E-state index contributed by atoms with van der Waals surface area (Å²) < 4.78 is 0. The summed E-state index contributed by atoms with van der Waals surface area (Å²) in [5, 5.41) is 14.6. The molecule has 0 aliphatic heterocycles. The molecule has 0 aliphatic rings. The van der Waals surface area contributed by atoms with Crippen molar-refractivity contribution in [3.05, 3.63) is 65.2 Å². The van der Waals surface area contributed by atoms with Crippen LogP contribution in [0.4, 0.5) is 5.69 Å². The van der Waals surface area contributed by atoms with Crippen molar-refractivity contribution in [3.8, 4) is 0 Å². The van der Waals surface area contributed by atoms with E-state index in [2.05, 4.69) is 10.6 Å². The summed E-state index contributed by atoms with van der Waals surface area (Å²) in [6.07, 6.45) is 0.855. The van der Waals surface area contributed by atoms with E-state index in [1.807, 2.05) is 30.3 Å². The molecule has 0 aromatic heterocycles. The molecule has 6 heteroatoms. The van der Waals surface area contributed by atoms with Crippen molar-refractivity contribution in [2.24, 2.45) is 0 Å². The molecular weight excluding hydrogens is 344 g/mol. The Bertz CT molecular complexity index is 818. The first-order valence-corrected chi connectivity index (χ1v) is 8.80. The number of rotatable bonds is 8. The minimum absolute atomic E-state index is 0.0251. The summed E-state index contributed by atoms with van der Waals surface area (Å²) >= 11 is 0. The number of hydrogen-bond acceptors (Lipinski definition) is 3. The van der Waals surface area contributed by atoms with Crippen LogP contribution in [0.25, 0.3) is 0 Å². The summed E-state index contributed by atoms with van der Waals surface area (Å²) in [4.78, 5) is 35.0. The highest BCUT2D eigenvalue weighted by atomic mass is 16.4. The maximum absolute atomic E-state index is 12.8. The van der Waals surface area contributed by atoms with Crippen LogP contribution in [0.5, 0.6) is 0 Å². The molecule has 0 spiro atoms. The molecule has 2 aromatic rings. The van der Waals surface area contributed by atoms with Gasteiger partial charge in [0.15, 0.2) is 0 Å². The van der Waals surface area contributed by atoms with Crippen LogP contribution < -0.4 is 10.6 Å². The van der Waals surface area contributed by atoms with E-state index in [4.69, 9.17) is 5.11 Å². The first-order valence-electron chi connectivity index (χ1n) is 8.80. The van der Waals surface area contributed by atoms with Crippen LogP contribution in [0.1, 0.15) is 41.3 Å². The van der Waals surface area contributed by atoms with Crippen LogP contribution >= 0.6 is 0 Å². The van der Waals surface area contributed by atoms with Crippen molar-refractivity contribution >= 4 is 23.5 Å². The van der Waals surface area contributed by atoms with E-state index in [0.29, 0.717) is 29.7 Å². The van der Waals surface area contributed by atoms with Gasteiger partial charge in [0.25, 0.3) is 5.91 Å². The normalized spacial score (nSPS) is 11.5. The number of nitrogens with one attached hydrogen (secondary N) is 2. The largest absolute Gasteiger partial charge is 0.481 e. The van der Waals surface area contributed by atoms with Crippen molar-refractivity contribution < 1.29 is 19.5 Å². The van der Waals surface area contributed by atoms with Gasteiger partial charge in [0.2, 0.25) is 5.91 Å². The zero-order valence-corrected chi connectivity index (χ0v) is 15.5. The van der Waals surface area contributed by atoms with Gasteiger partial charge in [-0.05, 0) is 43.0 Å². The molecule has 0 saturated heterocycles. The Morgan fingerprint density at radius 1 is 1.04 bits per heavy atom. The van der Waals surface area contributed by atoms with Gasteiger partial charge in [-0.15, -0.1) is 0 Å². The van der Waals surface area contributed by atoms with Crippen molar-refractivity contribution in [2.45, 2.75) is 39.2 Å². The van der Waals surface area contributed by atoms with E-state index in [1.165, 1.54) is 6.92 Å². The lowest BCUT2D eigenvalue weighted by atomic mass is 10.00. The quantitative estimate of drug-likeness (QED) is 0.667. The Hall–Kier alpha value is -3.15. The number of carbonyl (C=O) groups is 3. The van der Waals surface area contributed by atoms with Crippen molar-refractivity contribution in [1.82, 2.24) is 5.32 Å². The fourth-order valence-corrected chi connectivity index (χ4v) is 2.89. The van der Waals surface area contributed by atoms with E-state index < -0.39 is 5.97 Å². The molecule has 27 heavy (non-hydrogen) atoms. The number of amides is 2. The van der Waals surface area contributed by atoms with Crippen LogP contribution in [0.15, 0.2) is 48.5 Å². The topological polar surface area (TPSA) is 95.5 Å². The summed E-state index contributed by atoms with van der Waals surface area (Å²) in [6, 6.07) is 14.4. The Balaban J connectivity index is 2.17. The third-order valence-electron chi connectivity index (χ3n) is 4.26. The number of anilines is 1. The second kappa shape index (κ2) is 9.52. The standard InChI is InChI=1S/C21H24N2O4/c1-14-18(9-6-10-19(14)22-15(2)24)21(27)23-17(11-12-20(25)26)13-16-7-4-3-5-8-16/h3-10,17H,11-13H2,1-2H3,(H,22,24)(H,23,27)(H,25,26). The number of hydrogen-bond donors (Lipinski definition) is 3. The number of carbonyl (C=O) groups excluding carboxylic acids is 2. The Labute approximate surface area is 158 Å². The molecule has 0 fully saturated rings. The van der Waals surface area contributed by atoms with Gasteiger partial charge in [-0.1, -0.05) is 36.4 Å². The maximum atomic E-state index is 12.8. The Kier molecular flexibility index (Phi) is 7.11. The van der Waals surface area contributed by atoms with Gasteiger partial charge >= 0.3 is 5.97 Å². The minimum Gasteiger partial charge on any atom is -0.481 e. The Morgan fingerprint density at radius 2 is 1.74 bits per heavy atom. The SMILES string of the molecule is CC(=O)Nc1cccc(C(=O)NC(CCC(=O)O)Cc2ccccc2)c1C. The molecule has 0 heterocycles. The lowest BCUT2D eigenvalue weighted by Gasteiger charge is -2.20. The fraction of sp³-hybridized carbons (Fsp3) is 0.286. The van der Waals surface area contributed by atoms with Crippen molar-refractivity contribution in [2.75, 3.05) is 5.32 Å². The molecule has 3 N–H and O–H groups in total. The Morgan fingerprint density at radius 3 is 2.37 bits per heavy atom. The maximum Gasteiger partial charge on any atom is 0.303 e. The van der Waals surface area contributed by atoms with Crippen LogP contribution in [0, 0.1) is 6.92 Å². The van der Waals surface area contributed by atoms with Gasteiger partial charge in [0.1, 0.15) is 0 Å². The summed E-state index contributed by atoms with van der Waals surface area (Å²) in [5.41, 5.74) is 2.73. The molecule has 0 saturated carbocycles. The molecular formula is C21H24N2O4. The van der Waals surface area contributed by atoms with Gasteiger partial charge in [-0.3, -0.25) is 14.4 Å². The van der Waals surface area contributed by atoms with Gasteiger partial charge in [0, 0.05) is 30.6 Å². The van der Waals surface area contributed by atoms with Gasteiger partial charge in [-0.25, -0.2) is 0 Å². The van der Waals surface area contributed by atoms with Gasteiger partial charge in [-0.2, -0.15) is 0 Å². The average molecular weight is 368 g/mol. The summed E-state index contributed by atoms with van der Waals surface area (Å²) in [5.74, 6) is -1.39. The van der Waals surface area contributed by atoms with E-state index >= 15 is 0 Å². The monoisotopic (exact) mass is 368 g/mol. The van der Waals surface area contributed by atoms with E-state index in [9.17, 15) is 14.4 Å². The highest BCUT2D eigenvalue weighted by Gasteiger charge is 2.18. The average Bonchev–Trinajstić information content (AvgIpc) is 2.62. The zero-order valence-electron chi connectivity index (χ0n) is 15.5. The molecule has 0 radical (unpaired) electrons.